The molecule has 0 spiro atoms. The van der Waals surface area contributed by atoms with Crippen molar-refractivity contribution in [2.24, 2.45) is 0 Å². The fourth-order valence-corrected chi connectivity index (χ4v) is 1.61. The third kappa shape index (κ3) is 2.80. The Kier molecular flexibility index (Phi) is 4.59. The number of hydrogen-bond donors (Lipinski definition) is 0. The molecule has 0 saturated carbocycles. The SMILES string of the molecule is CCN(CCBr)C(=O)c1cccnc1. The van der Waals surface area contributed by atoms with Crippen molar-refractivity contribution in [1.29, 1.82) is 0 Å². The fraction of sp³-hybridized carbons (Fsp3) is 0.400. The van der Waals surface area contributed by atoms with Gasteiger partial charge in [0.25, 0.3) is 5.91 Å². The zero-order chi connectivity index (χ0) is 10.4. The van der Waals surface area contributed by atoms with Crippen LogP contribution < -0.4 is 0 Å². The van der Waals surface area contributed by atoms with Crippen molar-refractivity contribution in [3.05, 3.63) is 30.1 Å². The van der Waals surface area contributed by atoms with E-state index < -0.39 is 0 Å². The molecule has 0 aliphatic carbocycles. The van der Waals surface area contributed by atoms with Crippen molar-refractivity contribution < 1.29 is 4.79 Å². The van der Waals surface area contributed by atoms with Crippen molar-refractivity contribution in [2.45, 2.75) is 6.92 Å². The quantitative estimate of drug-likeness (QED) is 0.772. The monoisotopic (exact) mass is 256 g/mol. The maximum atomic E-state index is 11.8. The molecule has 1 amide bonds. The van der Waals surface area contributed by atoms with Crippen LogP contribution in [0.4, 0.5) is 0 Å². The van der Waals surface area contributed by atoms with Crippen LogP contribution in [-0.2, 0) is 0 Å². The van der Waals surface area contributed by atoms with Gasteiger partial charge in [-0.25, -0.2) is 0 Å². The maximum absolute atomic E-state index is 11.8. The molecule has 0 N–H and O–H groups in total. The number of halogens is 1. The summed E-state index contributed by atoms with van der Waals surface area (Å²) in [7, 11) is 0. The van der Waals surface area contributed by atoms with Gasteiger partial charge >= 0.3 is 0 Å². The van der Waals surface area contributed by atoms with Crippen molar-refractivity contribution in [3.8, 4) is 0 Å². The third-order valence-corrected chi connectivity index (χ3v) is 2.29. The van der Waals surface area contributed by atoms with E-state index in [2.05, 4.69) is 20.9 Å². The smallest absolute Gasteiger partial charge is 0.255 e. The summed E-state index contributed by atoms with van der Waals surface area (Å²) in [5.41, 5.74) is 0.648. The minimum atomic E-state index is 0.0417. The highest BCUT2D eigenvalue weighted by Gasteiger charge is 2.12. The molecular formula is C10H13BrN2O. The van der Waals surface area contributed by atoms with E-state index in [0.717, 1.165) is 18.4 Å². The van der Waals surface area contributed by atoms with E-state index in [1.165, 1.54) is 0 Å². The molecule has 0 aliphatic rings. The number of hydrogen-bond acceptors (Lipinski definition) is 2. The fourth-order valence-electron chi connectivity index (χ4n) is 1.18. The van der Waals surface area contributed by atoms with Gasteiger partial charge in [0.1, 0.15) is 0 Å². The Morgan fingerprint density at radius 3 is 2.93 bits per heavy atom. The van der Waals surface area contributed by atoms with E-state index in [1.54, 1.807) is 29.4 Å². The van der Waals surface area contributed by atoms with Crippen LogP contribution in [0.15, 0.2) is 24.5 Å². The van der Waals surface area contributed by atoms with Gasteiger partial charge < -0.3 is 4.90 Å². The van der Waals surface area contributed by atoms with Crippen LogP contribution in [0.2, 0.25) is 0 Å². The molecule has 3 nitrogen and oxygen atoms in total. The molecule has 0 atom stereocenters. The molecule has 0 bridgehead atoms. The molecule has 76 valence electrons. The normalized spacial score (nSPS) is 9.86. The van der Waals surface area contributed by atoms with Crippen LogP contribution >= 0.6 is 15.9 Å². The van der Waals surface area contributed by atoms with Crippen LogP contribution in [0.25, 0.3) is 0 Å². The van der Waals surface area contributed by atoms with Crippen LogP contribution in [0.5, 0.6) is 0 Å². The molecule has 1 rings (SSSR count). The second-order valence-corrected chi connectivity index (χ2v) is 3.61. The minimum Gasteiger partial charge on any atom is -0.338 e. The Labute approximate surface area is 92.3 Å². The van der Waals surface area contributed by atoms with E-state index >= 15 is 0 Å². The summed E-state index contributed by atoms with van der Waals surface area (Å²) in [5, 5.41) is 0.798. The lowest BCUT2D eigenvalue weighted by Crippen LogP contribution is -2.32. The molecule has 1 heterocycles. The summed E-state index contributed by atoms with van der Waals surface area (Å²) in [6, 6.07) is 3.56. The molecule has 0 fully saturated rings. The van der Waals surface area contributed by atoms with Crippen LogP contribution in [0.1, 0.15) is 17.3 Å². The van der Waals surface area contributed by atoms with E-state index in [-0.39, 0.29) is 5.91 Å². The Morgan fingerprint density at radius 1 is 1.64 bits per heavy atom. The van der Waals surface area contributed by atoms with Gasteiger partial charge in [-0.3, -0.25) is 9.78 Å². The van der Waals surface area contributed by atoms with Gasteiger partial charge in [0.15, 0.2) is 0 Å². The van der Waals surface area contributed by atoms with Crippen molar-refractivity contribution in [2.75, 3.05) is 18.4 Å². The standard InChI is InChI=1S/C10H13BrN2O/c1-2-13(7-5-11)10(14)9-4-3-6-12-8-9/h3-4,6,8H,2,5,7H2,1H3. The minimum absolute atomic E-state index is 0.0417. The highest BCUT2D eigenvalue weighted by atomic mass is 79.9. The summed E-state index contributed by atoms with van der Waals surface area (Å²) < 4.78 is 0. The molecular weight excluding hydrogens is 244 g/mol. The van der Waals surface area contributed by atoms with Crippen LogP contribution in [0.3, 0.4) is 0 Å². The summed E-state index contributed by atoms with van der Waals surface area (Å²) >= 11 is 3.32. The highest BCUT2D eigenvalue weighted by Crippen LogP contribution is 2.03. The molecule has 14 heavy (non-hydrogen) atoms. The van der Waals surface area contributed by atoms with Crippen LogP contribution in [0, 0.1) is 0 Å². The predicted molar refractivity (Wildman–Crippen MR) is 59.6 cm³/mol. The Hall–Kier alpha value is -0.900. The van der Waals surface area contributed by atoms with Crippen LogP contribution in [-0.4, -0.2) is 34.2 Å². The Morgan fingerprint density at radius 2 is 2.43 bits per heavy atom. The zero-order valence-electron chi connectivity index (χ0n) is 8.11. The maximum Gasteiger partial charge on any atom is 0.255 e. The Balaban J connectivity index is 2.73. The Bertz CT molecular complexity index is 289. The molecule has 0 radical (unpaired) electrons. The van der Waals surface area contributed by atoms with Gasteiger partial charge in [-0.2, -0.15) is 0 Å². The second kappa shape index (κ2) is 5.75. The summed E-state index contributed by atoms with van der Waals surface area (Å²) in [4.78, 5) is 17.5. The lowest BCUT2D eigenvalue weighted by molar-refractivity contribution is 0.0774. The van der Waals surface area contributed by atoms with E-state index in [4.69, 9.17) is 0 Å². The number of pyridine rings is 1. The van der Waals surface area contributed by atoms with E-state index in [0.29, 0.717) is 5.56 Å². The number of carbonyl (C=O) groups excluding carboxylic acids is 1. The van der Waals surface area contributed by atoms with Crippen molar-refractivity contribution in [1.82, 2.24) is 9.88 Å². The lowest BCUT2D eigenvalue weighted by atomic mass is 10.2. The van der Waals surface area contributed by atoms with Gasteiger partial charge in [0, 0.05) is 30.8 Å². The molecule has 0 saturated heterocycles. The number of alkyl halides is 1. The first-order valence-corrected chi connectivity index (χ1v) is 5.67. The third-order valence-electron chi connectivity index (χ3n) is 1.93. The first-order valence-electron chi connectivity index (χ1n) is 4.54. The lowest BCUT2D eigenvalue weighted by Gasteiger charge is -2.19. The highest BCUT2D eigenvalue weighted by molar-refractivity contribution is 9.09. The number of amides is 1. The van der Waals surface area contributed by atoms with Gasteiger partial charge in [0.05, 0.1) is 5.56 Å². The molecule has 0 unspecified atom stereocenters. The predicted octanol–water partition coefficient (Wildman–Crippen LogP) is 1.94. The first-order chi connectivity index (χ1) is 6.79. The van der Waals surface area contributed by atoms with Gasteiger partial charge in [0.2, 0.25) is 0 Å². The first kappa shape index (κ1) is 11.2. The largest absolute Gasteiger partial charge is 0.338 e. The van der Waals surface area contributed by atoms with Gasteiger partial charge in [-0.15, -0.1) is 0 Å². The van der Waals surface area contributed by atoms with E-state index in [1.807, 2.05) is 6.92 Å². The molecule has 0 aromatic carbocycles. The average Bonchev–Trinajstić information content (AvgIpc) is 2.26. The molecule has 4 heteroatoms. The number of rotatable bonds is 4. The summed E-state index contributed by atoms with van der Waals surface area (Å²) in [5.74, 6) is 0.0417. The van der Waals surface area contributed by atoms with Crippen molar-refractivity contribution in [3.63, 3.8) is 0 Å². The van der Waals surface area contributed by atoms with E-state index in [9.17, 15) is 4.79 Å². The number of carbonyl (C=O) groups is 1. The number of nitrogens with zero attached hydrogens (tertiary/aromatic N) is 2. The van der Waals surface area contributed by atoms with Gasteiger partial charge in [-0.05, 0) is 19.1 Å². The molecule has 1 aromatic heterocycles. The van der Waals surface area contributed by atoms with Gasteiger partial charge in [-0.1, -0.05) is 15.9 Å². The van der Waals surface area contributed by atoms with Crippen molar-refractivity contribution >= 4 is 21.8 Å². The molecule has 1 aromatic rings. The second-order valence-electron chi connectivity index (χ2n) is 2.82. The summed E-state index contributed by atoms with van der Waals surface area (Å²) in [6.07, 6.45) is 3.26. The summed E-state index contributed by atoms with van der Waals surface area (Å²) in [6.45, 7) is 3.42. The average molecular weight is 257 g/mol. The number of aromatic nitrogens is 1. The molecule has 0 aliphatic heterocycles. The zero-order valence-corrected chi connectivity index (χ0v) is 9.70. The topological polar surface area (TPSA) is 33.2 Å².